The third kappa shape index (κ3) is 4.75. The van der Waals surface area contributed by atoms with Gasteiger partial charge in [-0.2, -0.15) is 4.98 Å². The lowest BCUT2D eigenvalue weighted by Gasteiger charge is -2.52. The van der Waals surface area contributed by atoms with Gasteiger partial charge in [-0.1, -0.05) is 18.5 Å². The SMILES string of the molecule is CCCn1c(Oc2ccc(F)c(F)c2)nc2nc(C34CCC(COc5ccc(Cl)cn5)(CC3)CC4)[nH]c2c1=O. The van der Waals surface area contributed by atoms with Gasteiger partial charge in [0.25, 0.3) is 5.56 Å². The Kier molecular flexibility index (Phi) is 6.53. The van der Waals surface area contributed by atoms with Crippen molar-refractivity contribution in [2.45, 2.75) is 63.8 Å². The molecule has 0 saturated heterocycles. The van der Waals surface area contributed by atoms with Gasteiger partial charge < -0.3 is 14.5 Å². The van der Waals surface area contributed by atoms with Gasteiger partial charge in [-0.25, -0.2) is 18.7 Å². The topological polar surface area (TPSA) is 94.9 Å². The molecule has 3 heterocycles. The molecule has 0 spiro atoms. The van der Waals surface area contributed by atoms with Crippen LogP contribution < -0.4 is 15.0 Å². The maximum atomic E-state index is 13.8. The smallest absolute Gasteiger partial charge is 0.306 e. The summed E-state index contributed by atoms with van der Waals surface area (Å²) in [7, 11) is 0. The minimum absolute atomic E-state index is 0.00447. The van der Waals surface area contributed by atoms with Gasteiger partial charge in [-0.15, -0.1) is 0 Å². The summed E-state index contributed by atoms with van der Waals surface area (Å²) in [5.41, 5.74) is 0.204. The van der Waals surface area contributed by atoms with Gasteiger partial charge in [-0.3, -0.25) is 9.36 Å². The summed E-state index contributed by atoms with van der Waals surface area (Å²) in [4.78, 5) is 30.3. The number of H-pyrrole nitrogens is 1. The molecule has 0 radical (unpaired) electrons. The number of nitrogens with one attached hydrogen (secondary N) is 1. The highest BCUT2D eigenvalue weighted by molar-refractivity contribution is 6.30. The van der Waals surface area contributed by atoms with Crippen LogP contribution in [-0.2, 0) is 12.0 Å². The number of aromatic nitrogens is 5. The van der Waals surface area contributed by atoms with E-state index in [0.29, 0.717) is 36.0 Å². The molecule has 3 aliphatic rings. The lowest BCUT2D eigenvalue weighted by molar-refractivity contribution is -0.00257. The lowest BCUT2D eigenvalue weighted by Crippen LogP contribution is -2.47. The third-order valence-corrected chi connectivity index (χ3v) is 8.48. The predicted molar refractivity (Wildman–Crippen MR) is 141 cm³/mol. The summed E-state index contributed by atoms with van der Waals surface area (Å²) in [6.07, 6.45) is 7.95. The molecule has 3 aliphatic carbocycles. The van der Waals surface area contributed by atoms with E-state index in [9.17, 15) is 13.6 Å². The molecule has 7 rings (SSSR count). The number of hydrogen-bond acceptors (Lipinski definition) is 6. The molecule has 3 saturated carbocycles. The van der Waals surface area contributed by atoms with Crippen LogP contribution in [0.5, 0.6) is 17.6 Å². The highest BCUT2D eigenvalue weighted by Crippen LogP contribution is 2.57. The molecule has 0 unspecified atom stereocenters. The number of imidazole rings is 1. The Bertz CT molecular complexity index is 1560. The fourth-order valence-corrected chi connectivity index (χ4v) is 5.98. The summed E-state index contributed by atoms with van der Waals surface area (Å²) >= 11 is 5.93. The Balaban J connectivity index is 1.25. The second-order valence-electron chi connectivity index (χ2n) is 10.7. The average Bonchev–Trinajstić information content (AvgIpc) is 3.39. The standard InChI is InChI=1S/C28H28ClF2N5O3/c1-2-13-36-24(37)22-23(35-26(36)39-18-4-5-19(30)20(31)14-18)34-25(33-22)28-10-7-27(8-11-28,9-12-28)16-38-21-6-3-17(29)15-32-21/h3-6,14-15H,2,7-13,16H2,1H3,(H,33,34). The fraction of sp³-hybridized carbons (Fsp3) is 0.429. The van der Waals surface area contributed by atoms with Crippen molar-refractivity contribution in [1.82, 2.24) is 24.5 Å². The van der Waals surface area contributed by atoms with Crippen molar-refractivity contribution in [1.29, 1.82) is 0 Å². The largest absolute Gasteiger partial charge is 0.477 e. The number of benzene rings is 1. The van der Waals surface area contributed by atoms with Crippen molar-refractivity contribution in [2.24, 2.45) is 5.41 Å². The van der Waals surface area contributed by atoms with Crippen LogP contribution in [0.3, 0.4) is 0 Å². The van der Waals surface area contributed by atoms with Crippen LogP contribution in [0.4, 0.5) is 8.78 Å². The molecule has 2 bridgehead atoms. The highest BCUT2D eigenvalue weighted by Gasteiger charge is 2.51. The van der Waals surface area contributed by atoms with Gasteiger partial charge in [0.1, 0.15) is 11.6 Å². The fourth-order valence-electron chi connectivity index (χ4n) is 5.87. The van der Waals surface area contributed by atoms with Crippen molar-refractivity contribution in [3.63, 3.8) is 0 Å². The van der Waals surface area contributed by atoms with Crippen molar-refractivity contribution in [2.75, 3.05) is 6.61 Å². The first kappa shape index (κ1) is 25.7. The van der Waals surface area contributed by atoms with Gasteiger partial charge in [0, 0.05) is 35.7 Å². The summed E-state index contributed by atoms with van der Waals surface area (Å²) in [6, 6.07) is 6.75. The average molecular weight is 556 g/mol. The van der Waals surface area contributed by atoms with Gasteiger partial charge in [0.2, 0.25) is 5.88 Å². The van der Waals surface area contributed by atoms with Crippen LogP contribution in [0.2, 0.25) is 5.02 Å². The van der Waals surface area contributed by atoms with Crippen LogP contribution in [0.25, 0.3) is 11.2 Å². The minimum Gasteiger partial charge on any atom is -0.477 e. The quantitative estimate of drug-likeness (QED) is 0.273. The van der Waals surface area contributed by atoms with E-state index in [-0.39, 0.29) is 33.8 Å². The van der Waals surface area contributed by atoms with Crippen molar-refractivity contribution >= 4 is 22.8 Å². The van der Waals surface area contributed by atoms with Gasteiger partial charge in [0.05, 0.1) is 11.6 Å². The molecular formula is C28H28ClF2N5O3. The predicted octanol–water partition coefficient (Wildman–Crippen LogP) is 6.32. The summed E-state index contributed by atoms with van der Waals surface area (Å²) < 4.78 is 40.3. The van der Waals surface area contributed by atoms with Crippen molar-refractivity contribution < 1.29 is 18.3 Å². The molecule has 11 heteroatoms. The Morgan fingerprint density at radius 1 is 1.05 bits per heavy atom. The number of nitrogens with zero attached hydrogens (tertiary/aromatic N) is 4. The van der Waals surface area contributed by atoms with Crippen LogP contribution in [0, 0.1) is 17.0 Å². The maximum absolute atomic E-state index is 13.8. The highest BCUT2D eigenvalue weighted by atomic mass is 35.5. The molecule has 1 aromatic carbocycles. The molecule has 3 fully saturated rings. The summed E-state index contributed by atoms with van der Waals surface area (Å²) in [5, 5.41) is 0.574. The number of pyridine rings is 1. The van der Waals surface area contributed by atoms with Gasteiger partial charge in [-0.05, 0) is 63.1 Å². The van der Waals surface area contributed by atoms with E-state index in [4.69, 9.17) is 26.1 Å². The molecule has 204 valence electrons. The lowest BCUT2D eigenvalue weighted by atomic mass is 9.53. The second kappa shape index (κ2) is 9.89. The van der Waals surface area contributed by atoms with E-state index < -0.39 is 11.6 Å². The molecule has 0 atom stereocenters. The van der Waals surface area contributed by atoms with E-state index in [1.54, 1.807) is 18.3 Å². The van der Waals surface area contributed by atoms with Crippen LogP contribution >= 0.6 is 11.6 Å². The zero-order chi connectivity index (χ0) is 27.2. The first-order valence-electron chi connectivity index (χ1n) is 13.2. The summed E-state index contributed by atoms with van der Waals surface area (Å²) in [5.74, 6) is -0.635. The number of aromatic amines is 1. The van der Waals surface area contributed by atoms with Crippen LogP contribution in [0.1, 0.15) is 57.7 Å². The number of hydrogen-bond donors (Lipinski definition) is 1. The van der Waals surface area contributed by atoms with Crippen molar-refractivity contribution in [3.05, 3.63) is 69.4 Å². The molecule has 0 aliphatic heterocycles. The third-order valence-electron chi connectivity index (χ3n) is 8.25. The molecule has 0 amide bonds. The summed E-state index contributed by atoms with van der Waals surface area (Å²) in [6.45, 7) is 2.88. The minimum atomic E-state index is -1.04. The number of fused-ring (bicyclic) bond motifs is 4. The van der Waals surface area contributed by atoms with E-state index >= 15 is 0 Å². The molecule has 4 aromatic rings. The molecule has 8 nitrogen and oxygen atoms in total. The molecular weight excluding hydrogens is 528 g/mol. The Labute approximate surface area is 228 Å². The van der Waals surface area contributed by atoms with E-state index in [1.165, 1.54) is 10.6 Å². The van der Waals surface area contributed by atoms with E-state index in [1.807, 2.05) is 6.92 Å². The number of halogens is 3. The maximum Gasteiger partial charge on any atom is 0.306 e. The molecule has 39 heavy (non-hydrogen) atoms. The molecule has 3 aromatic heterocycles. The monoisotopic (exact) mass is 555 g/mol. The Hall–Kier alpha value is -3.53. The second-order valence-corrected chi connectivity index (χ2v) is 11.1. The number of ether oxygens (including phenoxy) is 2. The normalized spacial score (nSPS) is 22.4. The van der Waals surface area contributed by atoms with E-state index in [2.05, 4.69) is 15.0 Å². The van der Waals surface area contributed by atoms with E-state index in [0.717, 1.165) is 56.5 Å². The van der Waals surface area contributed by atoms with Gasteiger partial charge in [0.15, 0.2) is 22.8 Å². The first-order chi connectivity index (χ1) is 18.8. The first-order valence-corrected chi connectivity index (χ1v) is 13.6. The van der Waals surface area contributed by atoms with Crippen LogP contribution in [0.15, 0.2) is 41.3 Å². The zero-order valence-electron chi connectivity index (χ0n) is 21.5. The van der Waals surface area contributed by atoms with Crippen molar-refractivity contribution in [3.8, 4) is 17.6 Å². The van der Waals surface area contributed by atoms with Crippen LogP contribution in [-0.4, -0.2) is 31.1 Å². The number of rotatable bonds is 8. The molecule has 1 N–H and O–H groups in total. The Morgan fingerprint density at radius 2 is 1.82 bits per heavy atom. The zero-order valence-corrected chi connectivity index (χ0v) is 22.2. The van der Waals surface area contributed by atoms with Gasteiger partial charge >= 0.3 is 6.01 Å². The Morgan fingerprint density at radius 3 is 2.49 bits per heavy atom.